The first-order valence-electron chi connectivity index (χ1n) is 6.18. The summed E-state index contributed by atoms with van der Waals surface area (Å²) in [5.74, 6) is 0. The molecule has 3 rings (SSSR count). The summed E-state index contributed by atoms with van der Waals surface area (Å²) in [6.45, 7) is 6.43. The lowest BCUT2D eigenvalue weighted by atomic mass is 9.96. The summed E-state index contributed by atoms with van der Waals surface area (Å²) >= 11 is 0. The topological polar surface area (TPSA) is 28.7 Å². The SMILES string of the molecule is Cc1cc(C)c(-c2n[nH]c3ccccc23)c(C)c1. The summed E-state index contributed by atoms with van der Waals surface area (Å²) in [5.41, 5.74) is 7.26. The Balaban J connectivity index is 2.33. The average Bonchev–Trinajstić information content (AvgIpc) is 2.72. The van der Waals surface area contributed by atoms with Crippen molar-refractivity contribution in [1.82, 2.24) is 10.2 Å². The van der Waals surface area contributed by atoms with Gasteiger partial charge in [0.2, 0.25) is 0 Å². The van der Waals surface area contributed by atoms with Crippen LogP contribution < -0.4 is 0 Å². The van der Waals surface area contributed by atoms with Crippen LogP contribution in [0.5, 0.6) is 0 Å². The van der Waals surface area contributed by atoms with Gasteiger partial charge in [-0.3, -0.25) is 5.10 Å². The molecule has 0 unspecified atom stereocenters. The molecular weight excluding hydrogens is 220 g/mol. The van der Waals surface area contributed by atoms with Crippen LogP contribution in [0.1, 0.15) is 16.7 Å². The van der Waals surface area contributed by atoms with Gasteiger partial charge >= 0.3 is 0 Å². The summed E-state index contributed by atoms with van der Waals surface area (Å²) in [4.78, 5) is 0. The number of benzene rings is 2. The van der Waals surface area contributed by atoms with Crippen molar-refractivity contribution in [3.05, 3.63) is 53.1 Å². The zero-order valence-electron chi connectivity index (χ0n) is 10.9. The van der Waals surface area contributed by atoms with Crippen LogP contribution in [0.3, 0.4) is 0 Å². The molecule has 1 N–H and O–H groups in total. The lowest BCUT2D eigenvalue weighted by Gasteiger charge is -2.09. The first-order valence-corrected chi connectivity index (χ1v) is 6.18. The number of aromatic amines is 1. The molecule has 0 fully saturated rings. The number of aryl methyl sites for hydroxylation is 3. The molecule has 0 radical (unpaired) electrons. The van der Waals surface area contributed by atoms with E-state index in [2.05, 4.69) is 61.3 Å². The summed E-state index contributed by atoms with van der Waals surface area (Å²) in [6, 6.07) is 12.7. The first-order chi connectivity index (χ1) is 8.66. The largest absolute Gasteiger partial charge is 0.277 e. The van der Waals surface area contributed by atoms with E-state index in [1.165, 1.54) is 27.6 Å². The summed E-state index contributed by atoms with van der Waals surface area (Å²) in [7, 11) is 0. The maximum atomic E-state index is 4.49. The molecule has 2 nitrogen and oxygen atoms in total. The lowest BCUT2D eigenvalue weighted by Crippen LogP contribution is -1.90. The second kappa shape index (κ2) is 3.98. The van der Waals surface area contributed by atoms with Crippen LogP contribution in [0, 0.1) is 20.8 Å². The number of hydrogen-bond acceptors (Lipinski definition) is 1. The molecule has 0 aliphatic rings. The van der Waals surface area contributed by atoms with Gasteiger partial charge in [0.25, 0.3) is 0 Å². The van der Waals surface area contributed by atoms with Gasteiger partial charge in [-0.15, -0.1) is 0 Å². The first kappa shape index (κ1) is 11.0. The van der Waals surface area contributed by atoms with Gasteiger partial charge in [-0.25, -0.2) is 0 Å². The van der Waals surface area contributed by atoms with Gasteiger partial charge in [-0.05, 0) is 38.0 Å². The third-order valence-electron chi connectivity index (χ3n) is 3.38. The zero-order valence-corrected chi connectivity index (χ0v) is 10.9. The Morgan fingerprint density at radius 3 is 2.33 bits per heavy atom. The quantitative estimate of drug-likeness (QED) is 0.675. The van der Waals surface area contributed by atoms with Crippen LogP contribution in [0.15, 0.2) is 36.4 Å². The highest BCUT2D eigenvalue weighted by Gasteiger charge is 2.12. The van der Waals surface area contributed by atoms with Crippen LogP contribution in [0.25, 0.3) is 22.2 Å². The number of nitrogens with zero attached hydrogens (tertiary/aromatic N) is 1. The molecule has 0 amide bonds. The number of para-hydroxylation sites is 1. The third-order valence-corrected chi connectivity index (χ3v) is 3.38. The van der Waals surface area contributed by atoms with Crippen LogP contribution in [0.2, 0.25) is 0 Å². The fourth-order valence-electron chi connectivity index (χ4n) is 2.71. The maximum absolute atomic E-state index is 4.49. The number of fused-ring (bicyclic) bond motifs is 1. The normalized spacial score (nSPS) is 11.1. The van der Waals surface area contributed by atoms with E-state index in [0.717, 1.165) is 11.2 Å². The van der Waals surface area contributed by atoms with Crippen LogP contribution in [-0.4, -0.2) is 10.2 Å². The molecule has 2 heteroatoms. The fraction of sp³-hybridized carbons (Fsp3) is 0.188. The number of aromatic nitrogens is 2. The van der Waals surface area contributed by atoms with E-state index in [1.807, 2.05) is 6.07 Å². The highest BCUT2D eigenvalue weighted by molar-refractivity contribution is 5.94. The molecule has 0 atom stereocenters. The number of nitrogens with one attached hydrogen (secondary N) is 1. The monoisotopic (exact) mass is 236 g/mol. The second-order valence-electron chi connectivity index (χ2n) is 4.89. The fourth-order valence-corrected chi connectivity index (χ4v) is 2.71. The molecule has 0 saturated carbocycles. The van der Waals surface area contributed by atoms with Crippen LogP contribution >= 0.6 is 0 Å². The van der Waals surface area contributed by atoms with Crippen molar-refractivity contribution in [3.63, 3.8) is 0 Å². The van der Waals surface area contributed by atoms with Crippen molar-refractivity contribution in [2.45, 2.75) is 20.8 Å². The Morgan fingerprint density at radius 1 is 0.944 bits per heavy atom. The average molecular weight is 236 g/mol. The highest BCUT2D eigenvalue weighted by Crippen LogP contribution is 2.31. The molecule has 0 spiro atoms. The number of rotatable bonds is 1. The van der Waals surface area contributed by atoms with E-state index in [0.29, 0.717) is 0 Å². The maximum Gasteiger partial charge on any atom is 0.100 e. The second-order valence-corrected chi connectivity index (χ2v) is 4.89. The van der Waals surface area contributed by atoms with Crippen LogP contribution in [-0.2, 0) is 0 Å². The van der Waals surface area contributed by atoms with Crippen molar-refractivity contribution in [3.8, 4) is 11.3 Å². The highest BCUT2D eigenvalue weighted by atomic mass is 15.1. The van der Waals surface area contributed by atoms with Gasteiger partial charge < -0.3 is 0 Å². The van der Waals surface area contributed by atoms with Gasteiger partial charge in [0, 0.05) is 10.9 Å². The summed E-state index contributed by atoms with van der Waals surface area (Å²) in [5, 5.41) is 8.79. The molecule has 1 aromatic heterocycles. The van der Waals surface area contributed by atoms with E-state index in [1.54, 1.807) is 0 Å². The van der Waals surface area contributed by atoms with Crippen molar-refractivity contribution in [2.75, 3.05) is 0 Å². The molecule has 0 aliphatic carbocycles. The minimum absolute atomic E-state index is 1.06. The Kier molecular flexibility index (Phi) is 2.44. The summed E-state index contributed by atoms with van der Waals surface area (Å²) in [6.07, 6.45) is 0. The standard InChI is InChI=1S/C16H16N2/c1-10-8-11(2)15(12(3)9-10)16-13-6-4-5-7-14(13)17-18-16/h4-9H,1-3H3,(H,17,18). The van der Waals surface area contributed by atoms with Crippen molar-refractivity contribution in [2.24, 2.45) is 0 Å². The smallest absolute Gasteiger partial charge is 0.100 e. The lowest BCUT2D eigenvalue weighted by molar-refractivity contribution is 1.12. The van der Waals surface area contributed by atoms with Crippen molar-refractivity contribution < 1.29 is 0 Å². The van der Waals surface area contributed by atoms with E-state index < -0.39 is 0 Å². The van der Waals surface area contributed by atoms with Gasteiger partial charge in [-0.1, -0.05) is 35.9 Å². The van der Waals surface area contributed by atoms with E-state index in [4.69, 9.17) is 0 Å². The van der Waals surface area contributed by atoms with E-state index in [-0.39, 0.29) is 0 Å². The Morgan fingerprint density at radius 2 is 1.61 bits per heavy atom. The molecule has 18 heavy (non-hydrogen) atoms. The molecular formula is C16H16N2. The predicted octanol–water partition coefficient (Wildman–Crippen LogP) is 4.16. The summed E-state index contributed by atoms with van der Waals surface area (Å²) < 4.78 is 0. The van der Waals surface area contributed by atoms with Gasteiger partial charge in [-0.2, -0.15) is 5.10 Å². The molecule has 2 aromatic carbocycles. The molecule has 0 aliphatic heterocycles. The van der Waals surface area contributed by atoms with E-state index >= 15 is 0 Å². The van der Waals surface area contributed by atoms with E-state index in [9.17, 15) is 0 Å². The minimum atomic E-state index is 1.06. The molecule has 0 bridgehead atoms. The van der Waals surface area contributed by atoms with Gasteiger partial charge in [0.15, 0.2) is 0 Å². The van der Waals surface area contributed by atoms with Gasteiger partial charge in [0.05, 0.1) is 5.52 Å². The Hall–Kier alpha value is -2.09. The molecule has 3 aromatic rings. The number of H-pyrrole nitrogens is 1. The third kappa shape index (κ3) is 1.61. The Bertz CT molecular complexity index is 700. The van der Waals surface area contributed by atoms with Crippen molar-refractivity contribution >= 4 is 10.9 Å². The molecule has 90 valence electrons. The van der Waals surface area contributed by atoms with Crippen molar-refractivity contribution in [1.29, 1.82) is 0 Å². The molecule has 0 saturated heterocycles. The van der Waals surface area contributed by atoms with Gasteiger partial charge in [0.1, 0.15) is 5.69 Å². The zero-order chi connectivity index (χ0) is 12.7. The Labute approximate surface area is 107 Å². The molecule has 1 heterocycles. The van der Waals surface area contributed by atoms with Crippen LogP contribution in [0.4, 0.5) is 0 Å². The predicted molar refractivity (Wildman–Crippen MR) is 75.7 cm³/mol. The number of hydrogen-bond donors (Lipinski definition) is 1. The minimum Gasteiger partial charge on any atom is -0.277 e.